The van der Waals surface area contributed by atoms with Gasteiger partial charge in [0.25, 0.3) is 0 Å². The van der Waals surface area contributed by atoms with Crippen LogP contribution in [-0.2, 0) is 20.9 Å². The summed E-state index contributed by atoms with van der Waals surface area (Å²) in [7, 11) is 0. The van der Waals surface area contributed by atoms with Gasteiger partial charge in [-0.15, -0.1) is 0 Å². The van der Waals surface area contributed by atoms with E-state index < -0.39 is 0 Å². The summed E-state index contributed by atoms with van der Waals surface area (Å²) in [5.74, 6) is 0. The average molecular weight is 495 g/mol. The minimum absolute atomic E-state index is 0.761. The molecule has 0 unspecified atom stereocenters. The fraction of sp³-hybridized carbons (Fsp3) is 1.00. The van der Waals surface area contributed by atoms with E-state index in [1.54, 1.807) is 0 Å². The molecule has 0 aliphatic heterocycles. The van der Waals surface area contributed by atoms with E-state index >= 15 is 0 Å². The fourth-order valence-electron chi connectivity index (χ4n) is 1.87. The van der Waals surface area contributed by atoms with E-state index in [0.29, 0.717) is 0 Å². The predicted octanol–water partition coefficient (Wildman–Crippen LogP) is 6.25. The van der Waals surface area contributed by atoms with Crippen molar-refractivity contribution in [3.8, 4) is 0 Å². The maximum atomic E-state index is 4.36. The number of rotatable bonds is 7. The van der Waals surface area contributed by atoms with Gasteiger partial charge in [0.1, 0.15) is 0 Å². The molecule has 1 rings (SSSR count). The second-order valence-electron chi connectivity index (χ2n) is 4.98. The third-order valence-electron chi connectivity index (χ3n) is 3.08. The molecular weight excluding hydrogens is 453 g/mol. The maximum absolute atomic E-state index is 4.36. The van der Waals surface area contributed by atoms with Gasteiger partial charge in [-0.05, 0) is 0 Å². The van der Waals surface area contributed by atoms with Crippen LogP contribution in [0.4, 0.5) is 0 Å². The second kappa shape index (κ2) is 30.3. The molecule has 0 aromatic carbocycles. The van der Waals surface area contributed by atoms with Crippen molar-refractivity contribution in [1.29, 1.82) is 0 Å². The van der Waals surface area contributed by atoms with Crippen LogP contribution in [0.2, 0.25) is 0 Å². The molecule has 0 aromatic rings. The van der Waals surface area contributed by atoms with Crippen molar-refractivity contribution in [1.82, 2.24) is 0 Å². The van der Waals surface area contributed by atoms with Crippen LogP contribution in [0.15, 0.2) is 3.34 Å². The Hall–Kier alpha value is 0.420. The molecule has 1 aliphatic rings. The molecular formula is C18H41N4Ta-3. The number of nitrogens with zero attached hydrogens (tertiary/aromatic N) is 4. The van der Waals surface area contributed by atoms with Crippen molar-refractivity contribution in [2.45, 2.75) is 79.7 Å². The summed E-state index contributed by atoms with van der Waals surface area (Å²) in [5.41, 5.74) is 0. The summed E-state index contributed by atoms with van der Waals surface area (Å²) in [4.78, 5) is 0. The topological polar surface area (TPSA) is 54.7 Å². The van der Waals surface area contributed by atoms with Crippen LogP contribution in [0.5, 0.6) is 0 Å². The Bertz CT molecular complexity index is 166. The Morgan fingerprint density at radius 2 is 0.957 bits per heavy atom. The van der Waals surface area contributed by atoms with E-state index in [2.05, 4.69) is 19.3 Å². The second-order valence-corrected chi connectivity index (χ2v) is 5.81. The van der Waals surface area contributed by atoms with Crippen molar-refractivity contribution in [2.75, 3.05) is 39.3 Å². The summed E-state index contributed by atoms with van der Waals surface area (Å²) < 4.78 is 4.36. The van der Waals surface area contributed by atoms with Crippen molar-refractivity contribution >= 4 is 0 Å². The molecule has 23 heavy (non-hydrogen) atoms. The van der Waals surface area contributed by atoms with Gasteiger partial charge in [-0.3, -0.25) is 0 Å². The van der Waals surface area contributed by atoms with Gasteiger partial charge in [0, 0.05) is 0 Å². The van der Waals surface area contributed by atoms with Crippen LogP contribution in [-0.4, -0.2) is 45.3 Å². The first-order chi connectivity index (χ1) is 11.2. The SMILES string of the molecule is CC[N-]CC.CC[N-]CC.CC[N-]CC.[Ta]=[N]C1CCCCC1. The molecule has 1 aliphatic carbocycles. The summed E-state index contributed by atoms with van der Waals surface area (Å²) in [5, 5.41) is 11.9. The minimum atomic E-state index is 0.761. The van der Waals surface area contributed by atoms with E-state index in [9.17, 15) is 0 Å². The molecule has 141 valence electrons. The Kier molecular flexibility index (Phi) is 37.2. The van der Waals surface area contributed by atoms with E-state index in [0.717, 1.165) is 45.3 Å². The van der Waals surface area contributed by atoms with Gasteiger partial charge in [-0.2, -0.15) is 39.3 Å². The first-order valence-electron chi connectivity index (χ1n) is 9.41. The fourth-order valence-corrected chi connectivity index (χ4v) is 2.70. The first kappa shape index (κ1) is 28.2. The van der Waals surface area contributed by atoms with Gasteiger partial charge in [-0.25, -0.2) is 0 Å². The van der Waals surface area contributed by atoms with Crippen LogP contribution >= 0.6 is 0 Å². The predicted molar refractivity (Wildman–Crippen MR) is 103 cm³/mol. The van der Waals surface area contributed by atoms with Crippen LogP contribution in [0.1, 0.15) is 73.6 Å². The molecule has 0 atom stereocenters. The van der Waals surface area contributed by atoms with Gasteiger partial charge in [0.05, 0.1) is 0 Å². The average Bonchev–Trinajstić information content (AvgIpc) is 2.59. The Labute approximate surface area is 159 Å². The molecule has 0 radical (unpaired) electrons. The van der Waals surface area contributed by atoms with Gasteiger partial charge in [0.2, 0.25) is 0 Å². The van der Waals surface area contributed by atoms with Gasteiger partial charge < -0.3 is 16.0 Å². The third-order valence-corrected chi connectivity index (χ3v) is 4.25. The quantitative estimate of drug-likeness (QED) is 0.402. The first-order valence-corrected chi connectivity index (χ1v) is 10.9. The van der Waals surface area contributed by atoms with Crippen LogP contribution < -0.4 is 0 Å². The molecule has 0 amide bonds. The van der Waals surface area contributed by atoms with Crippen molar-refractivity contribution in [3.05, 3.63) is 16.0 Å². The van der Waals surface area contributed by atoms with Crippen LogP contribution in [0.25, 0.3) is 16.0 Å². The molecule has 0 spiro atoms. The summed E-state index contributed by atoms with van der Waals surface area (Å²) >= 11 is 1.23. The molecule has 1 saturated carbocycles. The molecule has 0 aromatic heterocycles. The van der Waals surface area contributed by atoms with Gasteiger partial charge in [0.15, 0.2) is 0 Å². The van der Waals surface area contributed by atoms with E-state index in [1.165, 1.54) is 53.0 Å². The van der Waals surface area contributed by atoms with Crippen LogP contribution in [0.3, 0.4) is 0 Å². The third kappa shape index (κ3) is 34.7. The van der Waals surface area contributed by atoms with Gasteiger partial charge >= 0.3 is 62.4 Å². The van der Waals surface area contributed by atoms with E-state index in [-0.39, 0.29) is 0 Å². The molecule has 0 saturated heterocycles. The number of hydrogen-bond acceptors (Lipinski definition) is 1. The molecule has 0 N–H and O–H groups in total. The summed E-state index contributed by atoms with van der Waals surface area (Å²) in [6.07, 6.45) is 7.04. The molecule has 5 heteroatoms. The Morgan fingerprint density at radius 3 is 1.09 bits per heavy atom. The van der Waals surface area contributed by atoms with Crippen molar-refractivity contribution in [2.24, 2.45) is 3.34 Å². The monoisotopic (exact) mass is 494 g/mol. The summed E-state index contributed by atoms with van der Waals surface area (Å²) in [6.45, 7) is 18.1. The molecule has 0 bridgehead atoms. The number of hydrogen-bond donors (Lipinski definition) is 0. The molecule has 0 heterocycles. The van der Waals surface area contributed by atoms with Crippen molar-refractivity contribution < 1.29 is 20.9 Å². The normalized spacial score (nSPS) is 13.4. The standard InChI is InChI=1S/C6H11N.3C4H10N.Ta/c7-6-4-2-1-3-5-6;3*1-3-5-4-2;/h6H,1-5H2;3*3-4H2,1-2H3;/q;3*-1;. The summed E-state index contributed by atoms with van der Waals surface area (Å²) in [6, 6.07) is 0.761. The molecule has 4 nitrogen and oxygen atoms in total. The van der Waals surface area contributed by atoms with E-state index in [1.807, 2.05) is 41.5 Å². The Morgan fingerprint density at radius 1 is 0.652 bits per heavy atom. The van der Waals surface area contributed by atoms with Gasteiger partial charge in [-0.1, -0.05) is 41.5 Å². The molecule has 1 fully saturated rings. The van der Waals surface area contributed by atoms with Crippen molar-refractivity contribution in [3.63, 3.8) is 0 Å². The van der Waals surface area contributed by atoms with Crippen LogP contribution in [0, 0.1) is 0 Å². The zero-order chi connectivity index (χ0) is 18.2. The van der Waals surface area contributed by atoms with E-state index in [4.69, 9.17) is 0 Å². The zero-order valence-electron chi connectivity index (χ0n) is 16.6. The Balaban J connectivity index is -0.000000240. The zero-order valence-corrected chi connectivity index (χ0v) is 19.8.